The Balaban J connectivity index is 2.18. The van der Waals surface area contributed by atoms with Gasteiger partial charge in [-0.25, -0.2) is 0 Å². The maximum Gasteiger partial charge on any atom is 0.0351 e. The molecule has 0 unspecified atom stereocenters. The highest BCUT2D eigenvalue weighted by atomic mass is 32.2. The van der Waals surface area contributed by atoms with Gasteiger partial charge in [-0.1, -0.05) is 18.6 Å². The molecule has 1 rings (SSSR count). The number of unbranched alkanes of at least 4 members (excludes halogenated alkanes) is 3. The molecule has 0 atom stereocenters. The second-order valence-electron chi connectivity index (χ2n) is 3.80. The van der Waals surface area contributed by atoms with E-state index in [9.17, 15) is 0 Å². The second-order valence-corrected chi connectivity index (χ2v) is 4.68. The smallest absolute Gasteiger partial charge is 0.0351 e. The summed E-state index contributed by atoms with van der Waals surface area (Å²) in [4.78, 5) is 1.32. The molecule has 0 aliphatic rings. The van der Waals surface area contributed by atoms with Crippen LogP contribution in [0.1, 0.15) is 25.7 Å². The van der Waals surface area contributed by atoms with Crippen molar-refractivity contribution in [3.63, 3.8) is 0 Å². The molecule has 1 aromatic carbocycles. The first-order valence-corrected chi connectivity index (χ1v) is 7.08. The van der Waals surface area contributed by atoms with Gasteiger partial charge in [-0.3, -0.25) is 0 Å². The number of benzene rings is 1. The number of hydrogen-bond donors (Lipinski definition) is 1. The maximum absolute atomic E-state index is 3.73. The number of anilines is 1. The molecular formula is C14H21NS. The van der Waals surface area contributed by atoms with Gasteiger partial charge < -0.3 is 5.32 Å². The molecule has 0 amide bonds. The van der Waals surface area contributed by atoms with E-state index < -0.39 is 0 Å². The average molecular weight is 235 g/mol. The molecule has 0 heterocycles. The van der Waals surface area contributed by atoms with Crippen LogP contribution in [-0.4, -0.2) is 12.8 Å². The molecule has 1 aromatic rings. The molecule has 0 bridgehead atoms. The van der Waals surface area contributed by atoms with Crippen molar-refractivity contribution in [1.82, 2.24) is 0 Å². The summed E-state index contributed by atoms with van der Waals surface area (Å²) in [7, 11) is 0. The van der Waals surface area contributed by atoms with E-state index in [4.69, 9.17) is 0 Å². The Bertz CT molecular complexity index is 309. The Morgan fingerprint density at radius 3 is 2.94 bits per heavy atom. The quantitative estimate of drug-likeness (QED) is 0.402. The predicted octanol–water partition coefficient (Wildman–Crippen LogP) is 4.57. The molecule has 0 spiro atoms. The van der Waals surface area contributed by atoms with Crippen LogP contribution in [0, 0.1) is 0 Å². The molecule has 2 heteroatoms. The molecule has 16 heavy (non-hydrogen) atoms. The highest BCUT2D eigenvalue weighted by Gasteiger charge is 1.94. The number of allylic oxidation sites excluding steroid dienone is 1. The fourth-order valence-electron chi connectivity index (χ4n) is 1.56. The molecule has 0 aliphatic carbocycles. The molecule has 1 nitrogen and oxygen atoms in total. The van der Waals surface area contributed by atoms with Crippen molar-refractivity contribution in [1.29, 1.82) is 0 Å². The van der Waals surface area contributed by atoms with Crippen molar-refractivity contribution in [2.45, 2.75) is 30.6 Å². The molecule has 0 aliphatic heterocycles. The van der Waals surface area contributed by atoms with Gasteiger partial charge in [0.2, 0.25) is 0 Å². The first-order chi connectivity index (χ1) is 7.86. The van der Waals surface area contributed by atoms with E-state index in [2.05, 4.69) is 42.4 Å². The van der Waals surface area contributed by atoms with E-state index in [1.807, 2.05) is 6.08 Å². The summed E-state index contributed by atoms with van der Waals surface area (Å²) in [6, 6.07) is 8.57. The summed E-state index contributed by atoms with van der Waals surface area (Å²) in [5.74, 6) is 0. The second kappa shape index (κ2) is 8.28. The predicted molar refractivity (Wildman–Crippen MR) is 75.4 cm³/mol. The summed E-state index contributed by atoms with van der Waals surface area (Å²) in [5.41, 5.74) is 1.23. The van der Waals surface area contributed by atoms with Gasteiger partial charge in [0.05, 0.1) is 0 Å². The minimum Gasteiger partial charge on any atom is -0.385 e. The van der Waals surface area contributed by atoms with Gasteiger partial charge in [-0.15, -0.1) is 18.3 Å². The third kappa shape index (κ3) is 5.26. The highest BCUT2D eigenvalue weighted by molar-refractivity contribution is 7.98. The van der Waals surface area contributed by atoms with Crippen molar-refractivity contribution >= 4 is 17.4 Å². The SMILES string of the molecule is C=CCCCCCNc1cccc(SC)c1. The van der Waals surface area contributed by atoms with Crippen molar-refractivity contribution in [3.05, 3.63) is 36.9 Å². The van der Waals surface area contributed by atoms with E-state index in [1.54, 1.807) is 11.8 Å². The highest BCUT2D eigenvalue weighted by Crippen LogP contribution is 2.18. The minimum atomic E-state index is 1.06. The lowest BCUT2D eigenvalue weighted by Gasteiger charge is -2.07. The third-order valence-electron chi connectivity index (χ3n) is 2.48. The molecule has 1 N–H and O–H groups in total. The van der Waals surface area contributed by atoms with Crippen molar-refractivity contribution in [3.8, 4) is 0 Å². The van der Waals surface area contributed by atoms with Crippen molar-refractivity contribution in [2.75, 3.05) is 18.1 Å². The van der Waals surface area contributed by atoms with E-state index >= 15 is 0 Å². The Morgan fingerprint density at radius 2 is 2.19 bits per heavy atom. The first kappa shape index (κ1) is 13.2. The topological polar surface area (TPSA) is 12.0 Å². The Morgan fingerprint density at radius 1 is 1.31 bits per heavy atom. The van der Waals surface area contributed by atoms with Crippen LogP contribution in [-0.2, 0) is 0 Å². The van der Waals surface area contributed by atoms with Crippen LogP contribution in [0.5, 0.6) is 0 Å². The van der Waals surface area contributed by atoms with Crippen LogP contribution in [0.3, 0.4) is 0 Å². The molecule has 0 fully saturated rings. The summed E-state index contributed by atoms with van der Waals surface area (Å²) < 4.78 is 0. The van der Waals surface area contributed by atoms with Gasteiger partial charge in [0, 0.05) is 17.1 Å². The van der Waals surface area contributed by atoms with E-state index in [0.717, 1.165) is 13.0 Å². The molecule has 0 aromatic heterocycles. The van der Waals surface area contributed by atoms with Crippen molar-refractivity contribution < 1.29 is 0 Å². The summed E-state index contributed by atoms with van der Waals surface area (Å²) >= 11 is 1.78. The zero-order valence-corrected chi connectivity index (χ0v) is 10.9. The summed E-state index contributed by atoms with van der Waals surface area (Å²) in [5, 5.41) is 3.46. The van der Waals surface area contributed by atoms with E-state index in [-0.39, 0.29) is 0 Å². The summed E-state index contributed by atoms with van der Waals surface area (Å²) in [6.07, 6.45) is 9.01. The van der Waals surface area contributed by atoms with Gasteiger partial charge in [-0.05, 0) is 43.7 Å². The molecule has 0 saturated heterocycles. The van der Waals surface area contributed by atoms with E-state index in [0.29, 0.717) is 0 Å². The molecule has 88 valence electrons. The standard InChI is InChI=1S/C14H21NS/c1-3-4-5-6-7-11-15-13-9-8-10-14(12-13)16-2/h3,8-10,12,15H,1,4-7,11H2,2H3. The number of nitrogens with one attached hydrogen (secondary N) is 1. The van der Waals surface area contributed by atoms with Gasteiger partial charge in [0.1, 0.15) is 0 Å². The average Bonchev–Trinajstić information content (AvgIpc) is 2.34. The Kier molecular flexibility index (Phi) is 6.82. The van der Waals surface area contributed by atoms with Crippen LogP contribution in [0.15, 0.2) is 41.8 Å². The van der Waals surface area contributed by atoms with Gasteiger partial charge in [-0.2, -0.15) is 0 Å². The van der Waals surface area contributed by atoms with Gasteiger partial charge >= 0.3 is 0 Å². The van der Waals surface area contributed by atoms with E-state index in [1.165, 1.54) is 29.8 Å². The largest absolute Gasteiger partial charge is 0.385 e. The number of thioether (sulfide) groups is 1. The zero-order chi connectivity index (χ0) is 11.6. The minimum absolute atomic E-state index is 1.06. The zero-order valence-electron chi connectivity index (χ0n) is 10.0. The fourth-order valence-corrected chi connectivity index (χ4v) is 2.02. The van der Waals surface area contributed by atoms with Crippen molar-refractivity contribution in [2.24, 2.45) is 0 Å². The van der Waals surface area contributed by atoms with Crippen LogP contribution in [0.25, 0.3) is 0 Å². The normalized spacial score (nSPS) is 10.1. The maximum atomic E-state index is 3.73. The molecular weight excluding hydrogens is 214 g/mol. The first-order valence-electron chi connectivity index (χ1n) is 5.85. The van der Waals surface area contributed by atoms with Gasteiger partial charge in [0.25, 0.3) is 0 Å². The summed E-state index contributed by atoms with van der Waals surface area (Å²) in [6.45, 7) is 4.79. The van der Waals surface area contributed by atoms with Crippen LogP contribution in [0.4, 0.5) is 5.69 Å². The number of hydrogen-bond acceptors (Lipinski definition) is 2. The molecule has 0 radical (unpaired) electrons. The lowest BCUT2D eigenvalue weighted by molar-refractivity contribution is 0.708. The van der Waals surface area contributed by atoms with Crippen LogP contribution >= 0.6 is 11.8 Å². The number of rotatable bonds is 8. The Labute approximate surface area is 103 Å². The van der Waals surface area contributed by atoms with Crippen LogP contribution < -0.4 is 5.32 Å². The van der Waals surface area contributed by atoms with Crippen LogP contribution in [0.2, 0.25) is 0 Å². The third-order valence-corrected chi connectivity index (χ3v) is 3.21. The van der Waals surface area contributed by atoms with Gasteiger partial charge in [0.15, 0.2) is 0 Å². The molecule has 0 saturated carbocycles. The Hall–Kier alpha value is -0.890. The lowest BCUT2D eigenvalue weighted by atomic mass is 10.2. The monoisotopic (exact) mass is 235 g/mol. The lowest BCUT2D eigenvalue weighted by Crippen LogP contribution is -2.01. The fraction of sp³-hybridized carbons (Fsp3) is 0.429.